The van der Waals surface area contributed by atoms with E-state index < -0.39 is 0 Å². The molecule has 0 saturated carbocycles. The summed E-state index contributed by atoms with van der Waals surface area (Å²) >= 11 is 0. The zero-order valence-corrected chi connectivity index (χ0v) is 12.9. The van der Waals surface area contributed by atoms with Crippen LogP contribution >= 0.6 is 0 Å². The molecule has 3 rings (SSSR count). The minimum absolute atomic E-state index is 0.660. The van der Waals surface area contributed by atoms with E-state index in [0.717, 1.165) is 37.7 Å². The van der Waals surface area contributed by atoms with Gasteiger partial charge in [-0.2, -0.15) is 0 Å². The van der Waals surface area contributed by atoms with E-state index in [1.54, 1.807) is 7.11 Å². The van der Waals surface area contributed by atoms with Gasteiger partial charge >= 0.3 is 0 Å². The highest BCUT2D eigenvalue weighted by Gasteiger charge is 2.22. The van der Waals surface area contributed by atoms with Gasteiger partial charge in [-0.25, -0.2) is 9.97 Å². The summed E-state index contributed by atoms with van der Waals surface area (Å²) in [6.45, 7) is 4.07. The van der Waals surface area contributed by atoms with Gasteiger partial charge in [0.1, 0.15) is 5.82 Å². The van der Waals surface area contributed by atoms with Crippen LogP contribution in [-0.2, 0) is 6.54 Å². The highest BCUT2D eigenvalue weighted by atomic mass is 16.5. The van der Waals surface area contributed by atoms with E-state index in [-0.39, 0.29) is 0 Å². The van der Waals surface area contributed by atoms with Crippen molar-refractivity contribution in [2.45, 2.75) is 13.0 Å². The Labute approximate surface area is 131 Å². The molecular weight excluding hydrogens is 276 g/mol. The summed E-state index contributed by atoms with van der Waals surface area (Å²) in [7, 11) is 1.65. The van der Waals surface area contributed by atoms with Crippen LogP contribution in [0.5, 0.6) is 5.88 Å². The summed E-state index contributed by atoms with van der Waals surface area (Å²) in [5.74, 6) is 2.30. The Morgan fingerprint density at radius 1 is 1.27 bits per heavy atom. The van der Waals surface area contributed by atoms with Gasteiger partial charge < -0.3 is 10.1 Å². The Hall–Kier alpha value is -2.14. The van der Waals surface area contributed by atoms with E-state index in [9.17, 15) is 0 Å². The largest absolute Gasteiger partial charge is 0.481 e. The van der Waals surface area contributed by atoms with Gasteiger partial charge in [0, 0.05) is 31.9 Å². The highest BCUT2D eigenvalue weighted by Crippen LogP contribution is 2.19. The van der Waals surface area contributed by atoms with Crippen LogP contribution in [0.1, 0.15) is 12.1 Å². The number of hydrogen-bond acceptors (Lipinski definition) is 5. The first-order chi connectivity index (χ1) is 10.8. The molecule has 1 aliphatic rings. The standard InChI is InChI=1S/C17H22N4O/c1-22-17-7-4-5-15(20-17)13-21-10-8-14(12-21)11-19-16-6-2-3-9-18-16/h2-7,9,14H,8,10-13H2,1H3,(H,18,19)/t14-/m0/s1. The molecule has 116 valence electrons. The van der Waals surface area contributed by atoms with E-state index in [0.29, 0.717) is 11.8 Å². The van der Waals surface area contributed by atoms with Crippen LogP contribution in [0.3, 0.4) is 0 Å². The van der Waals surface area contributed by atoms with Gasteiger partial charge in [-0.15, -0.1) is 0 Å². The van der Waals surface area contributed by atoms with Crippen molar-refractivity contribution in [1.29, 1.82) is 0 Å². The number of nitrogens with zero attached hydrogens (tertiary/aromatic N) is 3. The molecule has 0 aromatic carbocycles. The van der Waals surface area contributed by atoms with Crippen molar-refractivity contribution in [1.82, 2.24) is 14.9 Å². The summed E-state index contributed by atoms with van der Waals surface area (Å²) in [6.07, 6.45) is 3.03. The number of rotatable bonds is 6. The number of methoxy groups -OCH3 is 1. The Kier molecular flexibility index (Phi) is 4.85. The van der Waals surface area contributed by atoms with Crippen LogP contribution in [0.4, 0.5) is 5.82 Å². The number of aromatic nitrogens is 2. The van der Waals surface area contributed by atoms with E-state index in [4.69, 9.17) is 4.74 Å². The first-order valence-electron chi connectivity index (χ1n) is 7.70. The first-order valence-corrected chi connectivity index (χ1v) is 7.70. The second kappa shape index (κ2) is 7.22. The topological polar surface area (TPSA) is 50.3 Å². The first kappa shape index (κ1) is 14.8. The molecule has 1 N–H and O–H groups in total. The Bertz CT molecular complexity index is 590. The normalized spacial score (nSPS) is 18.3. The van der Waals surface area contributed by atoms with E-state index in [2.05, 4.69) is 26.3 Å². The molecule has 1 aliphatic heterocycles. The monoisotopic (exact) mass is 298 g/mol. The lowest BCUT2D eigenvalue weighted by Gasteiger charge is -2.16. The summed E-state index contributed by atoms with van der Waals surface area (Å²) in [5, 5.41) is 3.42. The second-order valence-corrected chi connectivity index (χ2v) is 5.66. The molecule has 2 aromatic heterocycles. The van der Waals surface area contributed by atoms with Gasteiger partial charge in [0.05, 0.1) is 12.8 Å². The lowest BCUT2D eigenvalue weighted by atomic mass is 10.1. The quantitative estimate of drug-likeness (QED) is 0.887. The molecule has 0 amide bonds. The lowest BCUT2D eigenvalue weighted by Crippen LogP contribution is -2.23. The fraction of sp³-hybridized carbons (Fsp3) is 0.412. The van der Waals surface area contributed by atoms with Crippen molar-refractivity contribution in [3.05, 3.63) is 48.3 Å². The fourth-order valence-corrected chi connectivity index (χ4v) is 2.83. The molecule has 1 fully saturated rings. The Morgan fingerprint density at radius 2 is 2.23 bits per heavy atom. The summed E-state index contributed by atoms with van der Waals surface area (Å²) < 4.78 is 5.18. The number of ether oxygens (including phenoxy) is 1. The maximum Gasteiger partial charge on any atom is 0.213 e. The summed E-state index contributed by atoms with van der Waals surface area (Å²) in [6, 6.07) is 11.9. The molecule has 0 aliphatic carbocycles. The molecule has 1 saturated heterocycles. The molecule has 5 heteroatoms. The number of anilines is 1. The maximum atomic E-state index is 5.18. The van der Waals surface area contributed by atoms with Crippen molar-refractivity contribution < 1.29 is 4.74 Å². The van der Waals surface area contributed by atoms with E-state index in [1.165, 1.54) is 6.42 Å². The summed E-state index contributed by atoms with van der Waals surface area (Å²) in [5.41, 5.74) is 1.07. The SMILES string of the molecule is COc1cccc(CN2CC[C@@H](CNc3ccccn3)C2)n1. The number of hydrogen-bond donors (Lipinski definition) is 1. The minimum Gasteiger partial charge on any atom is -0.481 e. The van der Waals surface area contributed by atoms with Gasteiger partial charge in [0.25, 0.3) is 0 Å². The average Bonchev–Trinajstić information content (AvgIpc) is 3.01. The lowest BCUT2D eigenvalue weighted by molar-refractivity contribution is 0.312. The van der Waals surface area contributed by atoms with Gasteiger partial charge in [-0.3, -0.25) is 4.90 Å². The van der Waals surface area contributed by atoms with Gasteiger partial charge in [-0.1, -0.05) is 12.1 Å². The van der Waals surface area contributed by atoms with E-state index in [1.807, 2.05) is 36.5 Å². The number of nitrogens with one attached hydrogen (secondary N) is 1. The minimum atomic E-state index is 0.660. The van der Waals surface area contributed by atoms with Gasteiger partial charge in [0.2, 0.25) is 5.88 Å². The third-order valence-electron chi connectivity index (χ3n) is 3.98. The van der Waals surface area contributed by atoms with Crippen molar-refractivity contribution in [2.24, 2.45) is 5.92 Å². The van der Waals surface area contributed by atoms with Gasteiger partial charge in [0.15, 0.2) is 0 Å². The molecule has 3 heterocycles. The Balaban J connectivity index is 1.47. The molecule has 22 heavy (non-hydrogen) atoms. The van der Waals surface area contributed by atoms with Crippen molar-refractivity contribution in [2.75, 3.05) is 32.1 Å². The molecule has 0 radical (unpaired) electrons. The molecule has 5 nitrogen and oxygen atoms in total. The molecule has 2 aromatic rings. The van der Waals surface area contributed by atoms with E-state index >= 15 is 0 Å². The predicted molar refractivity (Wildman–Crippen MR) is 86.9 cm³/mol. The Morgan fingerprint density at radius 3 is 3.05 bits per heavy atom. The number of likely N-dealkylation sites (tertiary alicyclic amines) is 1. The van der Waals surface area contributed by atoms with Gasteiger partial charge in [-0.05, 0) is 37.1 Å². The van der Waals surface area contributed by atoms with Crippen LogP contribution < -0.4 is 10.1 Å². The molecule has 1 atom stereocenters. The molecular formula is C17H22N4O. The van der Waals surface area contributed by atoms with Crippen LogP contribution in [-0.4, -0.2) is 41.6 Å². The van der Waals surface area contributed by atoms with Crippen LogP contribution in [0.2, 0.25) is 0 Å². The van der Waals surface area contributed by atoms with Crippen molar-refractivity contribution in [3.63, 3.8) is 0 Å². The number of pyridine rings is 2. The zero-order valence-electron chi connectivity index (χ0n) is 12.9. The molecule has 0 spiro atoms. The van der Waals surface area contributed by atoms with Crippen LogP contribution in [0.15, 0.2) is 42.6 Å². The second-order valence-electron chi connectivity index (χ2n) is 5.66. The smallest absolute Gasteiger partial charge is 0.213 e. The molecule has 0 bridgehead atoms. The van der Waals surface area contributed by atoms with Crippen molar-refractivity contribution in [3.8, 4) is 5.88 Å². The third-order valence-corrected chi connectivity index (χ3v) is 3.98. The molecule has 0 unspecified atom stereocenters. The zero-order chi connectivity index (χ0) is 15.2. The predicted octanol–water partition coefficient (Wildman–Crippen LogP) is 2.42. The highest BCUT2D eigenvalue weighted by molar-refractivity contribution is 5.33. The third kappa shape index (κ3) is 3.95. The summed E-state index contributed by atoms with van der Waals surface area (Å²) in [4.78, 5) is 11.2. The van der Waals surface area contributed by atoms with Crippen LogP contribution in [0, 0.1) is 5.92 Å². The van der Waals surface area contributed by atoms with Crippen molar-refractivity contribution >= 4 is 5.82 Å². The van der Waals surface area contributed by atoms with Crippen LogP contribution in [0.25, 0.3) is 0 Å². The average molecular weight is 298 g/mol. The maximum absolute atomic E-state index is 5.18. The fourth-order valence-electron chi connectivity index (χ4n) is 2.83.